The lowest BCUT2D eigenvalue weighted by Crippen LogP contribution is -2.24. The molecule has 0 bridgehead atoms. The molecule has 7 nitrogen and oxygen atoms in total. The SMILES string of the molecule is Cc1noc(C)c1CNC(=O)c1cccc(NN)n1. The van der Waals surface area contributed by atoms with Gasteiger partial charge in [0, 0.05) is 12.1 Å². The van der Waals surface area contributed by atoms with Crippen molar-refractivity contribution >= 4 is 11.7 Å². The molecule has 100 valence electrons. The summed E-state index contributed by atoms with van der Waals surface area (Å²) in [4.78, 5) is 16.0. The molecule has 0 saturated heterocycles. The van der Waals surface area contributed by atoms with Crippen molar-refractivity contribution in [2.45, 2.75) is 20.4 Å². The van der Waals surface area contributed by atoms with E-state index in [0.717, 1.165) is 11.3 Å². The zero-order valence-corrected chi connectivity index (χ0v) is 10.7. The topological polar surface area (TPSA) is 106 Å². The fourth-order valence-electron chi connectivity index (χ4n) is 1.66. The second-order valence-electron chi connectivity index (χ2n) is 4.04. The Hall–Kier alpha value is -2.41. The number of anilines is 1. The van der Waals surface area contributed by atoms with Crippen molar-refractivity contribution in [2.24, 2.45) is 5.84 Å². The fourth-order valence-corrected chi connectivity index (χ4v) is 1.66. The molecule has 0 unspecified atom stereocenters. The van der Waals surface area contributed by atoms with E-state index in [1.54, 1.807) is 25.1 Å². The predicted octanol–water partition coefficient (Wildman–Crippen LogP) is 0.902. The van der Waals surface area contributed by atoms with Crippen molar-refractivity contribution in [2.75, 3.05) is 5.43 Å². The molecule has 0 aliphatic heterocycles. The number of amides is 1. The van der Waals surface area contributed by atoms with Crippen molar-refractivity contribution in [3.63, 3.8) is 0 Å². The highest BCUT2D eigenvalue weighted by molar-refractivity contribution is 5.92. The van der Waals surface area contributed by atoms with E-state index in [4.69, 9.17) is 10.4 Å². The summed E-state index contributed by atoms with van der Waals surface area (Å²) in [6.45, 7) is 3.98. The zero-order chi connectivity index (χ0) is 13.8. The standard InChI is InChI=1S/C12H15N5O2/c1-7-9(8(2)19-17-7)6-14-12(18)10-4-3-5-11(15-10)16-13/h3-5H,6,13H2,1-2H3,(H,14,18)(H,15,16). The summed E-state index contributed by atoms with van der Waals surface area (Å²) in [5, 5.41) is 6.59. The van der Waals surface area contributed by atoms with Crippen LogP contribution in [0.2, 0.25) is 0 Å². The van der Waals surface area contributed by atoms with Crippen molar-refractivity contribution in [3.05, 3.63) is 40.9 Å². The predicted molar refractivity (Wildman–Crippen MR) is 69.2 cm³/mol. The lowest BCUT2D eigenvalue weighted by atomic mass is 10.2. The van der Waals surface area contributed by atoms with Crippen LogP contribution >= 0.6 is 0 Å². The van der Waals surface area contributed by atoms with Gasteiger partial charge in [0.1, 0.15) is 17.3 Å². The number of aromatic nitrogens is 2. The highest BCUT2D eigenvalue weighted by atomic mass is 16.5. The van der Waals surface area contributed by atoms with Gasteiger partial charge in [-0.15, -0.1) is 0 Å². The van der Waals surface area contributed by atoms with Crippen LogP contribution in [0.3, 0.4) is 0 Å². The molecule has 2 heterocycles. The number of hydrogen-bond acceptors (Lipinski definition) is 6. The van der Waals surface area contributed by atoms with Gasteiger partial charge in [-0.3, -0.25) is 4.79 Å². The van der Waals surface area contributed by atoms with Crippen LogP contribution < -0.4 is 16.6 Å². The summed E-state index contributed by atoms with van der Waals surface area (Å²) in [5.41, 5.74) is 4.33. The summed E-state index contributed by atoms with van der Waals surface area (Å²) >= 11 is 0. The second kappa shape index (κ2) is 5.49. The van der Waals surface area contributed by atoms with Crippen molar-refractivity contribution in [3.8, 4) is 0 Å². The maximum atomic E-state index is 11.9. The minimum absolute atomic E-state index is 0.280. The smallest absolute Gasteiger partial charge is 0.270 e. The van der Waals surface area contributed by atoms with Gasteiger partial charge in [-0.25, -0.2) is 10.8 Å². The molecule has 0 fully saturated rings. The third-order valence-electron chi connectivity index (χ3n) is 2.74. The summed E-state index contributed by atoms with van der Waals surface area (Å²) in [5.74, 6) is 6.10. The molecule has 2 aromatic heterocycles. The number of rotatable bonds is 4. The van der Waals surface area contributed by atoms with Crippen LogP contribution in [-0.4, -0.2) is 16.0 Å². The Labute approximate surface area is 110 Å². The van der Waals surface area contributed by atoms with E-state index in [-0.39, 0.29) is 5.91 Å². The van der Waals surface area contributed by atoms with Gasteiger partial charge in [0.2, 0.25) is 0 Å². The van der Waals surface area contributed by atoms with Crippen LogP contribution in [0.15, 0.2) is 22.7 Å². The van der Waals surface area contributed by atoms with Gasteiger partial charge >= 0.3 is 0 Å². The molecule has 1 amide bonds. The quantitative estimate of drug-likeness (QED) is 0.557. The second-order valence-corrected chi connectivity index (χ2v) is 4.04. The number of carbonyl (C=O) groups is 1. The van der Waals surface area contributed by atoms with Gasteiger partial charge in [0.05, 0.1) is 5.69 Å². The molecular formula is C12H15N5O2. The number of aryl methyl sites for hydroxylation is 2. The molecular weight excluding hydrogens is 246 g/mol. The summed E-state index contributed by atoms with van der Waals surface area (Å²) < 4.78 is 5.03. The average Bonchev–Trinajstić information content (AvgIpc) is 2.75. The van der Waals surface area contributed by atoms with Crippen molar-refractivity contribution in [1.29, 1.82) is 0 Å². The van der Waals surface area contributed by atoms with Gasteiger partial charge in [0.15, 0.2) is 0 Å². The van der Waals surface area contributed by atoms with Gasteiger partial charge in [-0.1, -0.05) is 11.2 Å². The Morgan fingerprint density at radius 3 is 2.84 bits per heavy atom. The number of hydrogen-bond donors (Lipinski definition) is 3. The maximum absolute atomic E-state index is 11.9. The number of nitrogens with two attached hydrogens (primary N) is 1. The van der Waals surface area contributed by atoms with Gasteiger partial charge in [-0.2, -0.15) is 0 Å². The van der Waals surface area contributed by atoms with E-state index in [1.165, 1.54) is 0 Å². The number of hydrazine groups is 1. The minimum atomic E-state index is -0.280. The third kappa shape index (κ3) is 2.89. The summed E-state index contributed by atoms with van der Waals surface area (Å²) in [6.07, 6.45) is 0. The van der Waals surface area contributed by atoms with Crippen molar-refractivity contribution < 1.29 is 9.32 Å². The Morgan fingerprint density at radius 1 is 1.42 bits per heavy atom. The monoisotopic (exact) mass is 261 g/mol. The summed E-state index contributed by atoms with van der Waals surface area (Å²) in [7, 11) is 0. The summed E-state index contributed by atoms with van der Waals surface area (Å²) in [6, 6.07) is 4.99. The molecule has 0 atom stereocenters. The first kappa shape index (κ1) is 13.0. The molecule has 2 rings (SSSR count). The minimum Gasteiger partial charge on any atom is -0.361 e. The van der Waals surface area contributed by atoms with Crippen LogP contribution in [0.25, 0.3) is 0 Å². The maximum Gasteiger partial charge on any atom is 0.270 e. The highest BCUT2D eigenvalue weighted by Crippen LogP contribution is 2.11. The van der Waals surface area contributed by atoms with E-state index in [0.29, 0.717) is 23.8 Å². The number of nitrogens with zero attached hydrogens (tertiary/aromatic N) is 2. The first-order valence-corrected chi connectivity index (χ1v) is 5.75. The van der Waals surface area contributed by atoms with E-state index in [1.807, 2.05) is 6.92 Å². The van der Waals surface area contributed by atoms with Crippen LogP contribution in [0, 0.1) is 13.8 Å². The molecule has 0 spiro atoms. The van der Waals surface area contributed by atoms with Crippen LogP contribution in [-0.2, 0) is 6.54 Å². The van der Waals surface area contributed by atoms with Gasteiger partial charge in [-0.05, 0) is 26.0 Å². The van der Waals surface area contributed by atoms with Crippen LogP contribution in [0.5, 0.6) is 0 Å². The Balaban J connectivity index is 2.05. The normalized spacial score (nSPS) is 10.3. The number of carbonyl (C=O) groups excluding carboxylic acids is 1. The van der Waals surface area contributed by atoms with Gasteiger partial charge in [0.25, 0.3) is 5.91 Å². The molecule has 0 aliphatic carbocycles. The zero-order valence-electron chi connectivity index (χ0n) is 10.7. The molecule has 19 heavy (non-hydrogen) atoms. The Morgan fingerprint density at radius 2 is 2.21 bits per heavy atom. The van der Waals surface area contributed by atoms with E-state index in [2.05, 4.69) is 20.9 Å². The molecule has 4 N–H and O–H groups in total. The third-order valence-corrected chi connectivity index (χ3v) is 2.74. The first-order chi connectivity index (χ1) is 9.11. The Bertz CT molecular complexity index is 574. The lowest BCUT2D eigenvalue weighted by molar-refractivity contribution is 0.0946. The molecule has 7 heteroatoms. The highest BCUT2D eigenvalue weighted by Gasteiger charge is 2.12. The lowest BCUT2D eigenvalue weighted by Gasteiger charge is -2.05. The number of pyridine rings is 1. The van der Waals surface area contributed by atoms with E-state index < -0.39 is 0 Å². The number of nitrogens with one attached hydrogen (secondary N) is 2. The molecule has 0 radical (unpaired) electrons. The van der Waals surface area contributed by atoms with Gasteiger partial charge < -0.3 is 15.3 Å². The van der Waals surface area contributed by atoms with Crippen molar-refractivity contribution in [1.82, 2.24) is 15.5 Å². The average molecular weight is 261 g/mol. The number of nitrogen functional groups attached to an aromatic ring is 1. The molecule has 2 aromatic rings. The molecule has 0 aliphatic rings. The van der Waals surface area contributed by atoms with Crippen LogP contribution in [0.4, 0.5) is 5.82 Å². The van der Waals surface area contributed by atoms with E-state index >= 15 is 0 Å². The molecule has 0 aromatic carbocycles. The Kier molecular flexibility index (Phi) is 3.76. The largest absolute Gasteiger partial charge is 0.361 e. The fraction of sp³-hybridized carbons (Fsp3) is 0.250. The molecule has 0 saturated carbocycles. The van der Waals surface area contributed by atoms with Crippen LogP contribution in [0.1, 0.15) is 27.5 Å². The first-order valence-electron chi connectivity index (χ1n) is 5.75. The van der Waals surface area contributed by atoms with E-state index in [9.17, 15) is 4.79 Å².